The molecule has 1 N–H and O–H groups in total. The van der Waals surface area contributed by atoms with Gasteiger partial charge in [-0.25, -0.2) is 0 Å². The molecule has 114 valence electrons. The highest BCUT2D eigenvalue weighted by atomic mass is 19.4. The molecule has 0 saturated heterocycles. The third kappa shape index (κ3) is 3.67. The Morgan fingerprint density at radius 1 is 1.24 bits per heavy atom. The van der Waals surface area contributed by atoms with E-state index in [0.29, 0.717) is 17.9 Å². The van der Waals surface area contributed by atoms with E-state index >= 15 is 0 Å². The molecule has 2 nitrogen and oxygen atoms in total. The summed E-state index contributed by atoms with van der Waals surface area (Å²) in [5.74, 6) is 0.709. The van der Waals surface area contributed by atoms with E-state index in [-0.39, 0.29) is 6.04 Å². The van der Waals surface area contributed by atoms with Gasteiger partial charge in [-0.15, -0.1) is 0 Å². The van der Waals surface area contributed by atoms with Crippen LogP contribution in [0.15, 0.2) is 41.0 Å². The topological polar surface area (TPSA) is 25.2 Å². The van der Waals surface area contributed by atoms with Crippen molar-refractivity contribution in [1.29, 1.82) is 0 Å². The van der Waals surface area contributed by atoms with E-state index in [0.717, 1.165) is 18.1 Å². The lowest BCUT2D eigenvalue weighted by Gasteiger charge is -2.20. The normalized spacial score (nSPS) is 13.4. The minimum absolute atomic E-state index is 0.300. The molecule has 0 spiro atoms. The van der Waals surface area contributed by atoms with Gasteiger partial charge in [-0.05, 0) is 43.7 Å². The van der Waals surface area contributed by atoms with Crippen LogP contribution in [0, 0.1) is 6.92 Å². The number of aryl methyl sites for hydroxylation is 1. The van der Waals surface area contributed by atoms with Crippen LogP contribution in [0.1, 0.15) is 41.8 Å². The minimum atomic E-state index is -4.34. The van der Waals surface area contributed by atoms with Gasteiger partial charge in [0.05, 0.1) is 17.9 Å². The van der Waals surface area contributed by atoms with Crippen LogP contribution < -0.4 is 5.32 Å². The number of rotatable bonds is 5. The Morgan fingerprint density at radius 2 is 2.00 bits per heavy atom. The van der Waals surface area contributed by atoms with Gasteiger partial charge in [0, 0.05) is 5.56 Å². The van der Waals surface area contributed by atoms with Crippen LogP contribution in [0.2, 0.25) is 0 Å². The van der Waals surface area contributed by atoms with Gasteiger partial charge >= 0.3 is 6.18 Å². The van der Waals surface area contributed by atoms with Gasteiger partial charge in [0.1, 0.15) is 5.76 Å². The summed E-state index contributed by atoms with van der Waals surface area (Å²) >= 11 is 0. The fraction of sp³-hybridized carbons (Fsp3) is 0.375. The molecule has 0 fully saturated rings. The van der Waals surface area contributed by atoms with E-state index in [9.17, 15) is 13.2 Å². The lowest BCUT2D eigenvalue weighted by molar-refractivity contribution is -0.137. The van der Waals surface area contributed by atoms with Crippen molar-refractivity contribution in [3.05, 3.63) is 59.0 Å². The highest BCUT2D eigenvalue weighted by Crippen LogP contribution is 2.33. The minimum Gasteiger partial charge on any atom is -0.469 e. The molecule has 1 aromatic heterocycles. The Morgan fingerprint density at radius 3 is 2.57 bits per heavy atom. The standard InChI is InChI=1S/C16H18F3NO/c1-3-8-20-15(14-7-9-21-11(14)2)12-5-4-6-13(10-12)16(17,18)19/h4-7,9-10,15,20H,3,8H2,1-2H3. The van der Waals surface area contributed by atoms with Gasteiger partial charge in [0.25, 0.3) is 0 Å². The Balaban J connectivity index is 2.40. The number of hydrogen-bond acceptors (Lipinski definition) is 2. The predicted molar refractivity (Wildman–Crippen MR) is 75.0 cm³/mol. The van der Waals surface area contributed by atoms with Crippen molar-refractivity contribution in [2.45, 2.75) is 32.5 Å². The molecular formula is C16H18F3NO. The van der Waals surface area contributed by atoms with Gasteiger partial charge in [-0.2, -0.15) is 13.2 Å². The number of halogens is 3. The quantitative estimate of drug-likeness (QED) is 0.865. The van der Waals surface area contributed by atoms with E-state index in [1.54, 1.807) is 18.4 Å². The molecule has 1 aromatic carbocycles. The molecule has 2 rings (SSSR count). The molecule has 0 aliphatic carbocycles. The first kappa shape index (κ1) is 15.6. The highest BCUT2D eigenvalue weighted by Gasteiger charge is 2.31. The zero-order valence-electron chi connectivity index (χ0n) is 12.0. The summed E-state index contributed by atoms with van der Waals surface area (Å²) in [6.45, 7) is 4.54. The van der Waals surface area contributed by atoms with Crippen molar-refractivity contribution in [2.24, 2.45) is 0 Å². The number of hydrogen-bond donors (Lipinski definition) is 1. The van der Waals surface area contributed by atoms with Crippen LogP contribution in [0.5, 0.6) is 0 Å². The SMILES string of the molecule is CCCNC(c1cccc(C(F)(F)F)c1)c1ccoc1C. The Labute approximate surface area is 122 Å². The third-order valence-electron chi connectivity index (χ3n) is 3.36. The first-order valence-electron chi connectivity index (χ1n) is 6.88. The fourth-order valence-corrected chi connectivity index (χ4v) is 2.28. The summed E-state index contributed by atoms with van der Waals surface area (Å²) in [6, 6.07) is 6.92. The number of benzene rings is 1. The Hall–Kier alpha value is -1.75. The van der Waals surface area contributed by atoms with E-state index in [1.165, 1.54) is 12.1 Å². The molecule has 0 saturated carbocycles. The van der Waals surface area contributed by atoms with Crippen LogP contribution in [-0.4, -0.2) is 6.54 Å². The first-order chi connectivity index (χ1) is 9.93. The molecule has 1 unspecified atom stereocenters. The van der Waals surface area contributed by atoms with Gasteiger partial charge in [0.2, 0.25) is 0 Å². The van der Waals surface area contributed by atoms with Crippen LogP contribution in [-0.2, 0) is 6.18 Å². The molecule has 2 aromatic rings. The Kier molecular flexibility index (Phi) is 4.73. The molecule has 0 aliphatic heterocycles. The van der Waals surface area contributed by atoms with Crippen LogP contribution in [0.4, 0.5) is 13.2 Å². The lowest BCUT2D eigenvalue weighted by atomic mass is 9.97. The van der Waals surface area contributed by atoms with Gasteiger partial charge in [-0.1, -0.05) is 19.1 Å². The molecule has 0 aliphatic rings. The number of alkyl halides is 3. The van der Waals surface area contributed by atoms with E-state index in [1.807, 2.05) is 13.8 Å². The largest absolute Gasteiger partial charge is 0.469 e. The molecule has 1 atom stereocenters. The molecular weight excluding hydrogens is 279 g/mol. The summed E-state index contributed by atoms with van der Waals surface area (Å²) in [5.41, 5.74) is 0.815. The van der Waals surface area contributed by atoms with Crippen molar-refractivity contribution in [3.63, 3.8) is 0 Å². The predicted octanol–water partition coefficient (Wildman–Crippen LogP) is 4.70. The van der Waals surface area contributed by atoms with Crippen LogP contribution in [0.3, 0.4) is 0 Å². The van der Waals surface area contributed by atoms with Gasteiger partial charge in [0.15, 0.2) is 0 Å². The smallest absolute Gasteiger partial charge is 0.416 e. The third-order valence-corrected chi connectivity index (χ3v) is 3.36. The van der Waals surface area contributed by atoms with Crippen LogP contribution in [0.25, 0.3) is 0 Å². The van der Waals surface area contributed by atoms with Crippen LogP contribution >= 0.6 is 0 Å². The number of furan rings is 1. The summed E-state index contributed by atoms with van der Waals surface area (Å²) in [6.07, 6.45) is -1.89. The van der Waals surface area contributed by atoms with Crippen molar-refractivity contribution < 1.29 is 17.6 Å². The average molecular weight is 297 g/mol. The maximum atomic E-state index is 12.9. The maximum absolute atomic E-state index is 12.9. The van der Waals surface area contributed by atoms with Crippen molar-refractivity contribution in [2.75, 3.05) is 6.54 Å². The summed E-state index contributed by atoms with van der Waals surface area (Å²) in [4.78, 5) is 0. The van der Waals surface area contributed by atoms with E-state index in [2.05, 4.69) is 5.32 Å². The summed E-state index contributed by atoms with van der Waals surface area (Å²) in [5, 5.41) is 3.28. The fourth-order valence-electron chi connectivity index (χ4n) is 2.28. The second-order valence-electron chi connectivity index (χ2n) is 4.94. The molecule has 5 heteroatoms. The van der Waals surface area contributed by atoms with E-state index < -0.39 is 11.7 Å². The molecule has 21 heavy (non-hydrogen) atoms. The van der Waals surface area contributed by atoms with Gasteiger partial charge in [-0.3, -0.25) is 0 Å². The molecule has 0 amide bonds. The second-order valence-corrected chi connectivity index (χ2v) is 4.94. The maximum Gasteiger partial charge on any atom is 0.416 e. The van der Waals surface area contributed by atoms with Crippen molar-refractivity contribution >= 4 is 0 Å². The van der Waals surface area contributed by atoms with E-state index in [4.69, 9.17) is 4.42 Å². The summed E-state index contributed by atoms with van der Waals surface area (Å²) < 4.78 is 43.9. The van der Waals surface area contributed by atoms with Gasteiger partial charge < -0.3 is 9.73 Å². The monoisotopic (exact) mass is 297 g/mol. The second kappa shape index (κ2) is 6.35. The zero-order chi connectivity index (χ0) is 15.5. The number of nitrogens with one attached hydrogen (secondary N) is 1. The molecule has 0 bridgehead atoms. The first-order valence-corrected chi connectivity index (χ1v) is 6.88. The highest BCUT2D eigenvalue weighted by molar-refractivity contribution is 5.36. The average Bonchev–Trinajstić information content (AvgIpc) is 2.85. The lowest BCUT2D eigenvalue weighted by Crippen LogP contribution is -2.23. The Bertz CT molecular complexity index is 589. The molecule has 1 heterocycles. The summed E-state index contributed by atoms with van der Waals surface area (Å²) in [7, 11) is 0. The van der Waals surface area contributed by atoms with Crippen molar-refractivity contribution in [3.8, 4) is 0 Å². The zero-order valence-corrected chi connectivity index (χ0v) is 12.0. The van der Waals surface area contributed by atoms with Crippen molar-refractivity contribution in [1.82, 2.24) is 5.32 Å². The molecule has 0 radical (unpaired) electrons.